The Morgan fingerprint density at radius 1 is 1.22 bits per heavy atom. The van der Waals surface area contributed by atoms with Crippen LogP contribution in [0.15, 0.2) is 0 Å². The van der Waals surface area contributed by atoms with E-state index in [0.717, 1.165) is 38.8 Å². The molecule has 0 aromatic heterocycles. The molecule has 0 aromatic carbocycles. The normalized spacial score (nSPS) is 24.6. The molecular formula is C13H26ClN3O. The number of hydrogen-bond acceptors (Lipinski definition) is 3. The van der Waals surface area contributed by atoms with Gasteiger partial charge >= 0.3 is 0 Å². The largest absolute Gasteiger partial charge is 0.352 e. The number of carbonyl (C=O) groups excluding carboxylic acids is 1. The Morgan fingerprint density at radius 2 is 1.78 bits per heavy atom. The molecule has 2 fully saturated rings. The van der Waals surface area contributed by atoms with E-state index < -0.39 is 0 Å². The Bertz CT molecular complexity index is 261. The van der Waals surface area contributed by atoms with Crippen molar-refractivity contribution in [3.8, 4) is 0 Å². The lowest BCUT2D eigenvalue weighted by Gasteiger charge is -2.34. The molecule has 1 unspecified atom stereocenters. The van der Waals surface area contributed by atoms with Crippen LogP contribution in [-0.4, -0.2) is 42.0 Å². The Balaban J connectivity index is 0.00000162. The fourth-order valence-corrected chi connectivity index (χ4v) is 2.86. The summed E-state index contributed by atoms with van der Waals surface area (Å²) in [6.07, 6.45) is 6.87. The highest BCUT2D eigenvalue weighted by atomic mass is 35.5. The van der Waals surface area contributed by atoms with E-state index in [2.05, 4.69) is 10.2 Å². The van der Waals surface area contributed by atoms with Crippen LogP contribution in [0.3, 0.4) is 0 Å². The van der Waals surface area contributed by atoms with Crippen molar-refractivity contribution >= 4 is 18.3 Å². The zero-order valence-corrected chi connectivity index (χ0v) is 12.0. The number of piperidine rings is 1. The summed E-state index contributed by atoms with van der Waals surface area (Å²) in [4.78, 5) is 14.4. The molecule has 0 bridgehead atoms. The fourth-order valence-electron chi connectivity index (χ4n) is 2.86. The highest BCUT2D eigenvalue weighted by Gasteiger charge is 2.27. The predicted octanol–water partition coefficient (Wildman–Crippen LogP) is 1.28. The molecule has 1 atom stereocenters. The minimum atomic E-state index is 0. The second-order valence-corrected chi connectivity index (χ2v) is 5.54. The molecule has 4 nitrogen and oxygen atoms in total. The monoisotopic (exact) mass is 275 g/mol. The molecule has 3 N–H and O–H groups in total. The summed E-state index contributed by atoms with van der Waals surface area (Å²) in [5.41, 5.74) is 5.88. The van der Waals surface area contributed by atoms with E-state index in [0.29, 0.717) is 12.1 Å². The second kappa shape index (κ2) is 7.31. The van der Waals surface area contributed by atoms with Crippen molar-refractivity contribution in [3.05, 3.63) is 0 Å². The van der Waals surface area contributed by atoms with Crippen LogP contribution in [0, 0.1) is 0 Å². The quantitative estimate of drug-likeness (QED) is 0.816. The van der Waals surface area contributed by atoms with Gasteiger partial charge in [-0.3, -0.25) is 9.69 Å². The van der Waals surface area contributed by atoms with Crippen molar-refractivity contribution in [2.45, 2.75) is 63.6 Å². The van der Waals surface area contributed by atoms with Crippen LogP contribution in [-0.2, 0) is 4.79 Å². The number of nitrogens with zero attached hydrogens (tertiary/aromatic N) is 1. The van der Waals surface area contributed by atoms with Gasteiger partial charge in [0.25, 0.3) is 0 Å². The third kappa shape index (κ3) is 4.11. The first kappa shape index (κ1) is 15.7. The molecule has 5 heteroatoms. The van der Waals surface area contributed by atoms with Crippen molar-refractivity contribution in [3.63, 3.8) is 0 Å². The average molecular weight is 276 g/mol. The lowest BCUT2D eigenvalue weighted by atomic mass is 10.0. The molecule has 0 spiro atoms. The summed E-state index contributed by atoms with van der Waals surface area (Å²) in [5.74, 6) is 0.201. The van der Waals surface area contributed by atoms with Gasteiger partial charge in [0.05, 0.1) is 6.04 Å². The van der Waals surface area contributed by atoms with Crippen LogP contribution in [0.5, 0.6) is 0 Å². The molecule has 18 heavy (non-hydrogen) atoms. The van der Waals surface area contributed by atoms with Gasteiger partial charge in [-0.25, -0.2) is 0 Å². The first-order chi connectivity index (χ1) is 8.16. The van der Waals surface area contributed by atoms with Gasteiger partial charge < -0.3 is 11.1 Å². The fraction of sp³-hybridized carbons (Fsp3) is 0.923. The Kier molecular flexibility index (Phi) is 6.39. The van der Waals surface area contributed by atoms with E-state index in [4.69, 9.17) is 5.73 Å². The number of nitrogens with two attached hydrogens (primary N) is 1. The molecule has 1 aliphatic heterocycles. The number of amides is 1. The molecule has 2 rings (SSSR count). The van der Waals surface area contributed by atoms with Gasteiger partial charge in [0, 0.05) is 25.2 Å². The molecule has 1 amide bonds. The van der Waals surface area contributed by atoms with Crippen molar-refractivity contribution in [2.75, 3.05) is 13.1 Å². The first-order valence-corrected chi connectivity index (χ1v) is 6.97. The summed E-state index contributed by atoms with van der Waals surface area (Å²) in [5, 5.41) is 3.18. The van der Waals surface area contributed by atoms with E-state index in [1.807, 2.05) is 6.92 Å². The summed E-state index contributed by atoms with van der Waals surface area (Å²) < 4.78 is 0. The number of halogens is 1. The molecule has 0 radical (unpaired) electrons. The number of hydrogen-bond donors (Lipinski definition) is 2. The summed E-state index contributed by atoms with van der Waals surface area (Å²) in [6.45, 7) is 3.93. The first-order valence-electron chi connectivity index (χ1n) is 6.97. The predicted molar refractivity (Wildman–Crippen MR) is 75.9 cm³/mol. The maximum absolute atomic E-state index is 12.1. The van der Waals surface area contributed by atoms with Crippen molar-refractivity contribution < 1.29 is 4.79 Å². The number of carbonyl (C=O) groups is 1. The van der Waals surface area contributed by atoms with Gasteiger partial charge in [0.1, 0.15) is 0 Å². The molecule has 1 aliphatic carbocycles. The van der Waals surface area contributed by atoms with Gasteiger partial charge in [-0.05, 0) is 32.6 Å². The molecular weight excluding hydrogens is 250 g/mol. The smallest absolute Gasteiger partial charge is 0.237 e. The third-order valence-electron chi connectivity index (χ3n) is 4.20. The summed E-state index contributed by atoms with van der Waals surface area (Å²) in [6, 6.07) is 0.761. The number of nitrogens with one attached hydrogen (secondary N) is 1. The maximum Gasteiger partial charge on any atom is 0.237 e. The van der Waals surface area contributed by atoms with Crippen molar-refractivity contribution in [1.82, 2.24) is 10.2 Å². The number of rotatable bonds is 3. The standard InChI is InChI=1S/C13H25N3O.ClH/c1-10(16-8-6-11(14)7-9-16)13(17)15-12-4-2-3-5-12;/h10-12H,2-9,14H2,1H3,(H,15,17);1H. The lowest BCUT2D eigenvalue weighted by molar-refractivity contribution is -0.127. The topological polar surface area (TPSA) is 58.4 Å². The summed E-state index contributed by atoms with van der Waals surface area (Å²) in [7, 11) is 0. The zero-order valence-electron chi connectivity index (χ0n) is 11.2. The van der Waals surface area contributed by atoms with Gasteiger partial charge in [0.2, 0.25) is 5.91 Å². The number of likely N-dealkylation sites (tertiary alicyclic amines) is 1. The van der Waals surface area contributed by atoms with Gasteiger partial charge in [-0.2, -0.15) is 0 Å². The molecule has 1 saturated carbocycles. The van der Waals surface area contributed by atoms with E-state index >= 15 is 0 Å². The van der Waals surface area contributed by atoms with E-state index in [9.17, 15) is 4.79 Å². The molecule has 1 saturated heterocycles. The van der Waals surface area contributed by atoms with Gasteiger partial charge in [-0.1, -0.05) is 12.8 Å². The maximum atomic E-state index is 12.1. The Morgan fingerprint density at radius 3 is 2.33 bits per heavy atom. The third-order valence-corrected chi connectivity index (χ3v) is 4.20. The summed E-state index contributed by atoms with van der Waals surface area (Å²) >= 11 is 0. The van der Waals surface area contributed by atoms with Crippen LogP contribution < -0.4 is 11.1 Å². The van der Waals surface area contributed by atoms with E-state index in [-0.39, 0.29) is 24.4 Å². The second-order valence-electron chi connectivity index (χ2n) is 5.54. The minimum Gasteiger partial charge on any atom is -0.352 e. The van der Waals surface area contributed by atoms with Crippen molar-refractivity contribution in [2.24, 2.45) is 5.73 Å². The van der Waals surface area contributed by atoms with Crippen LogP contribution in [0.1, 0.15) is 45.4 Å². The highest BCUT2D eigenvalue weighted by Crippen LogP contribution is 2.18. The van der Waals surface area contributed by atoms with Crippen LogP contribution >= 0.6 is 12.4 Å². The molecule has 2 aliphatic rings. The molecule has 1 heterocycles. The average Bonchev–Trinajstić information content (AvgIpc) is 2.82. The SMILES string of the molecule is CC(C(=O)NC1CCCC1)N1CCC(N)CC1.Cl. The Labute approximate surface area is 116 Å². The highest BCUT2D eigenvalue weighted by molar-refractivity contribution is 5.85. The van der Waals surface area contributed by atoms with Gasteiger partial charge in [-0.15, -0.1) is 12.4 Å². The Hall–Kier alpha value is -0.320. The molecule has 0 aromatic rings. The molecule has 106 valence electrons. The zero-order chi connectivity index (χ0) is 12.3. The van der Waals surface area contributed by atoms with Crippen LogP contribution in [0.4, 0.5) is 0 Å². The van der Waals surface area contributed by atoms with Crippen molar-refractivity contribution in [1.29, 1.82) is 0 Å². The van der Waals surface area contributed by atoms with Crippen LogP contribution in [0.2, 0.25) is 0 Å². The lowest BCUT2D eigenvalue weighted by Crippen LogP contribution is -2.51. The van der Waals surface area contributed by atoms with E-state index in [1.165, 1.54) is 12.8 Å². The van der Waals surface area contributed by atoms with Gasteiger partial charge in [0.15, 0.2) is 0 Å². The minimum absolute atomic E-state index is 0. The van der Waals surface area contributed by atoms with Crippen LogP contribution in [0.25, 0.3) is 0 Å². The van der Waals surface area contributed by atoms with E-state index in [1.54, 1.807) is 0 Å².